The summed E-state index contributed by atoms with van der Waals surface area (Å²) >= 11 is 0. The fourth-order valence-corrected chi connectivity index (χ4v) is 2.21. The standard InChI is InChI=1S/C16H23N3/c1-11-14(10-17)18-15(19(11)5)12-6-8-13(9-7-12)16(2,3)4/h6-9H,10,17H2,1-5H3. The van der Waals surface area contributed by atoms with Gasteiger partial charge in [-0.1, -0.05) is 45.0 Å². The maximum Gasteiger partial charge on any atom is 0.140 e. The first-order chi connectivity index (χ1) is 8.84. The van der Waals surface area contributed by atoms with E-state index in [0.29, 0.717) is 6.54 Å². The maximum absolute atomic E-state index is 5.72. The molecule has 3 nitrogen and oxygen atoms in total. The molecule has 0 aliphatic rings. The molecule has 0 fully saturated rings. The van der Waals surface area contributed by atoms with Crippen molar-refractivity contribution in [2.45, 2.75) is 39.7 Å². The maximum atomic E-state index is 5.72. The fraction of sp³-hybridized carbons (Fsp3) is 0.438. The lowest BCUT2D eigenvalue weighted by molar-refractivity contribution is 0.590. The number of rotatable bonds is 2. The summed E-state index contributed by atoms with van der Waals surface area (Å²) in [6, 6.07) is 8.65. The number of nitrogens with zero attached hydrogens (tertiary/aromatic N) is 2. The predicted molar refractivity (Wildman–Crippen MR) is 80.0 cm³/mol. The second-order valence-corrected chi connectivity index (χ2v) is 6.06. The highest BCUT2D eigenvalue weighted by Crippen LogP contribution is 2.26. The Labute approximate surface area is 115 Å². The van der Waals surface area contributed by atoms with E-state index in [9.17, 15) is 0 Å². The van der Waals surface area contributed by atoms with Gasteiger partial charge in [0, 0.05) is 24.8 Å². The lowest BCUT2D eigenvalue weighted by Crippen LogP contribution is -2.10. The van der Waals surface area contributed by atoms with E-state index in [4.69, 9.17) is 5.73 Å². The van der Waals surface area contributed by atoms with Crippen molar-refractivity contribution in [3.8, 4) is 11.4 Å². The van der Waals surface area contributed by atoms with Gasteiger partial charge in [0.05, 0.1) is 5.69 Å². The monoisotopic (exact) mass is 257 g/mol. The van der Waals surface area contributed by atoms with E-state index < -0.39 is 0 Å². The molecule has 0 bridgehead atoms. The average Bonchev–Trinajstić information content (AvgIpc) is 2.65. The van der Waals surface area contributed by atoms with Crippen LogP contribution in [0.3, 0.4) is 0 Å². The molecule has 1 aromatic carbocycles. The quantitative estimate of drug-likeness (QED) is 0.898. The zero-order chi connectivity index (χ0) is 14.2. The largest absolute Gasteiger partial charge is 0.331 e. The van der Waals surface area contributed by atoms with Crippen LogP contribution in [0.25, 0.3) is 11.4 Å². The normalized spacial score (nSPS) is 11.9. The van der Waals surface area contributed by atoms with Crippen molar-refractivity contribution in [3.63, 3.8) is 0 Å². The number of hydrogen-bond acceptors (Lipinski definition) is 2. The Balaban J connectivity index is 2.43. The summed E-state index contributed by atoms with van der Waals surface area (Å²) < 4.78 is 2.11. The molecule has 1 heterocycles. The van der Waals surface area contributed by atoms with Crippen LogP contribution in [0, 0.1) is 6.92 Å². The minimum atomic E-state index is 0.179. The summed E-state index contributed by atoms with van der Waals surface area (Å²) in [4.78, 5) is 4.63. The molecule has 0 spiro atoms. The minimum absolute atomic E-state index is 0.179. The highest BCUT2D eigenvalue weighted by Gasteiger charge is 2.15. The molecule has 0 saturated carbocycles. The topological polar surface area (TPSA) is 43.8 Å². The molecule has 2 aromatic rings. The van der Waals surface area contributed by atoms with Crippen LogP contribution in [-0.2, 0) is 19.0 Å². The summed E-state index contributed by atoms with van der Waals surface area (Å²) in [5, 5.41) is 0. The molecule has 0 aliphatic carbocycles. The molecule has 3 heteroatoms. The van der Waals surface area contributed by atoms with Crippen molar-refractivity contribution in [3.05, 3.63) is 41.2 Å². The molecule has 0 aliphatic heterocycles. The van der Waals surface area contributed by atoms with Crippen molar-refractivity contribution in [1.29, 1.82) is 0 Å². The number of imidazole rings is 1. The van der Waals surface area contributed by atoms with Crippen LogP contribution >= 0.6 is 0 Å². The van der Waals surface area contributed by atoms with Gasteiger partial charge in [-0.3, -0.25) is 0 Å². The molecule has 0 unspecified atom stereocenters. The number of benzene rings is 1. The zero-order valence-electron chi connectivity index (χ0n) is 12.5. The van der Waals surface area contributed by atoms with Crippen molar-refractivity contribution in [2.75, 3.05) is 0 Å². The average molecular weight is 257 g/mol. The second kappa shape index (κ2) is 4.82. The van der Waals surface area contributed by atoms with E-state index in [1.54, 1.807) is 0 Å². The van der Waals surface area contributed by atoms with E-state index in [2.05, 4.69) is 61.5 Å². The second-order valence-electron chi connectivity index (χ2n) is 6.06. The number of aromatic nitrogens is 2. The van der Waals surface area contributed by atoms with Crippen LogP contribution in [0.15, 0.2) is 24.3 Å². The zero-order valence-corrected chi connectivity index (χ0v) is 12.5. The third-order valence-corrected chi connectivity index (χ3v) is 3.68. The van der Waals surface area contributed by atoms with Gasteiger partial charge in [-0.15, -0.1) is 0 Å². The van der Waals surface area contributed by atoms with Gasteiger partial charge in [-0.2, -0.15) is 0 Å². The third-order valence-electron chi connectivity index (χ3n) is 3.68. The molecule has 19 heavy (non-hydrogen) atoms. The first-order valence-electron chi connectivity index (χ1n) is 6.67. The minimum Gasteiger partial charge on any atom is -0.331 e. The lowest BCUT2D eigenvalue weighted by atomic mass is 9.87. The number of hydrogen-bond donors (Lipinski definition) is 1. The van der Waals surface area contributed by atoms with Crippen LogP contribution < -0.4 is 5.73 Å². The molecular formula is C16H23N3. The van der Waals surface area contributed by atoms with Gasteiger partial charge in [0.2, 0.25) is 0 Å². The molecule has 1 aromatic heterocycles. The van der Waals surface area contributed by atoms with Crippen LogP contribution in [-0.4, -0.2) is 9.55 Å². The van der Waals surface area contributed by atoms with E-state index in [1.165, 1.54) is 5.56 Å². The predicted octanol–water partition coefficient (Wildman–Crippen LogP) is 3.15. The van der Waals surface area contributed by atoms with Crippen molar-refractivity contribution in [1.82, 2.24) is 9.55 Å². The van der Waals surface area contributed by atoms with E-state index in [1.807, 2.05) is 7.05 Å². The Bertz CT molecular complexity index is 571. The van der Waals surface area contributed by atoms with Gasteiger partial charge in [-0.05, 0) is 17.9 Å². The van der Waals surface area contributed by atoms with E-state index >= 15 is 0 Å². The Hall–Kier alpha value is -1.61. The van der Waals surface area contributed by atoms with Crippen molar-refractivity contribution >= 4 is 0 Å². The summed E-state index contributed by atoms with van der Waals surface area (Å²) in [6.07, 6.45) is 0. The molecule has 0 amide bonds. The van der Waals surface area contributed by atoms with Gasteiger partial charge in [0.15, 0.2) is 0 Å². The third kappa shape index (κ3) is 2.56. The van der Waals surface area contributed by atoms with Crippen LogP contribution in [0.1, 0.15) is 37.7 Å². The Morgan fingerprint density at radius 2 is 1.74 bits per heavy atom. The molecule has 102 valence electrons. The van der Waals surface area contributed by atoms with Crippen molar-refractivity contribution < 1.29 is 0 Å². The van der Waals surface area contributed by atoms with Gasteiger partial charge in [0.25, 0.3) is 0 Å². The summed E-state index contributed by atoms with van der Waals surface area (Å²) in [7, 11) is 2.04. The first-order valence-corrected chi connectivity index (χ1v) is 6.67. The molecular weight excluding hydrogens is 234 g/mol. The van der Waals surface area contributed by atoms with Gasteiger partial charge >= 0.3 is 0 Å². The van der Waals surface area contributed by atoms with Crippen LogP contribution in [0.5, 0.6) is 0 Å². The Morgan fingerprint density at radius 1 is 1.16 bits per heavy atom. The SMILES string of the molecule is Cc1c(CN)nc(-c2ccc(C(C)(C)C)cc2)n1C. The Kier molecular flexibility index (Phi) is 3.50. The van der Waals surface area contributed by atoms with Gasteiger partial charge in [0.1, 0.15) is 5.82 Å². The first kappa shape index (κ1) is 13.8. The van der Waals surface area contributed by atoms with Gasteiger partial charge < -0.3 is 10.3 Å². The number of nitrogens with two attached hydrogens (primary N) is 1. The summed E-state index contributed by atoms with van der Waals surface area (Å²) in [6.45, 7) is 9.21. The molecule has 0 radical (unpaired) electrons. The summed E-state index contributed by atoms with van der Waals surface area (Å²) in [5.41, 5.74) is 10.5. The van der Waals surface area contributed by atoms with E-state index in [-0.39, 0.29) is 5.41 Å². The van der Waals surface area contributed by atoms with Crippen molar-refractivity contribution in [2.24, 2.45) is 12.8 Å². The van der Waals surface area contributed by atoms with Gasteiger partial charge in [-0.25, -0.2) is 4.98 Å². The lowest BCUT2D eigenvalue weighted by Gasteiger charge is -2.19. The summed E-state index contributed by atoms with van der Waals surface area (Å²) in [5.74, 6) is 0.985. The highest BCUT2D eigenvalue weighted by atomic mass is 15.1. The molecule has 2 N–H and O–H groups in total. The Morgan fingerprint density at radius 3 is 2.16 bits per heavy atom. The highest BCUT2D eigenvalue weighted by molar-refractivity contribution is 5.57. The van der Waals surface area contributed by atoms with Crippen LogP contribution in [0.4, 0.5) is 0 Å². The molecule has 2 rings (SSSR count). The molecule has 0 atom stereocenters. The van der Waals surface area contributed by atoms with Crippen LogP contribution in [0.2, 0.25) is 0 Å². The smallest absolute Gasteiger partial charge is 0.140 e. The van der Waals surface area contributed by atoms with E-state index in [0.717, 1.165) is 22.8 Å². The fourth-order valence-electron chi connectivity index (χ4n) is 2.21. The molecule has 0 saturated heterocycles.